The van der Waals surface area contributed by atoms with E-state index in [-0.39, 0.29) is 6.03 Å². The van der Waals surface area contributed by atoms with E-state index in [2.05, 4.69) is 46.2 Å². The summed E-state index contributed by atoms with van der Waals surface area (Å²) >= 11 is 1.75. The summed E-state index contributed by atoms with van der Waals surface area (Å²) in [5.74, 6) is 0. The molecule has 2 amide bonds. The summed E-state index contributed by atoms with van der Waals surface area (Å²) in [6.07, 6.45) is 1.78. The van der Waals surface area contributed by atoms with Crippen molar-refractivity contribution >= 4 is 17.4 Å². The number of carbonyl (C=O) groups excluding carboxylic acids is 1. The lowest BCUT2D eigenvalue weighted by Crippen LogP contribution is -2.43. The Morgan fingerprint density at radius 2 is 2.00 bits per heavy atom. The van der Waals surface area contributed by atoms with Crippen molar-refractivity contribution in [2.24, 2.45) is 5.73 Å². The number of fused-ring (bicyclic) bond motifs is 4. The molecule has 1 aromatic carbocycles. The smallest absolute Gasteiger partial charge is 0.315 e. The van der Waals surface area contributed by atoms with Crippen molar-refractivity contribution in [3.8, 4) is 21.8 Å². The Labute approximate surface area is 191 Å². The van der Waals surface area contributed by atoms with E-state index in [9.17, 15) is 4.79 Å². The van der Waals surface area contributed by atoms with Gasteiger partial charge in [0.05, 0.1) is 22.8 Å². The minimum Gasteiger partial charge on any atom is -0.351 e. The third kappa shape index (κ3) is 3.43. The molecule has 0 spiro atoms. The van der Waals surface area contributed by atoms with Crippen LogP contribution in [-0.4, -0.2) is 70.7 Å². The molecule has 0 saturated carbocycles. The van der Waals surface area contributed by atoms with Crippen molar-refractivity contribution < 1.29 is 4.79 Å². The molecule has 0 radical (unpaired) electrons. The Morgan fingerprint density at radius 1 is 1.16 bits per heavy atom. The Kier molecular flexibility index (Phi) is 4.82. The maximum atomic E-state index is 11.6. The molecule has 0 bridgehead atoms. The molecule has 7 nitrogen and oxygen atoms in total. The predicted molar refractivity (Wildman–Crippen MR) is 127 cm³/mol. The fraction of sp³-hybridized carbons (Fsp3) is 0.417. The third-order valence-electron chi connectivity index (χ3n) is 7.10. The second-order valence-electron chi connectivity index (χ2n) is 9.24. The maximum absolute atomic E-state index is 11.6. The molecule has 4 heterocycles. The standard InChI is InChI=1S/C24H28N6OS/c1-28-6-8-29(9-7-28)13-15-2-3-18-17(10-15)11-19-22(18)26-27-23(19)20-12-16-4-5-30(24(25)31)14-21(16)32-20/h2-3,10,12H,4-9,11,13-14H2,1H3,(H2,25,31)(H,26,27). The molecule has 0 atom stereocenters. The number of hydrogen-bond acceptors (Lipinski definition) is 5. The number of primary amides is 1. The molecule has 3 aromatic rings. The number of rotatable bonds is 3. The Bertz CT molecular complexity index is 1190. The number of urea groups is 1. The largest absolute Gasteiger partial charge is 0.351 e. The van der Waals surface area contributed by atoms with Gasteiger partial charge >= 0.3 is 6.03 Å². The van der Waals surface area contributed by atoms with Gasteiger partial charge in [-0.25, -0.2) is 4.79 Å². The Balaban J connectivity index is 1.23. The van der Waals surface area contributed by atoms with E-state index in [0.717, 1.165) is 57.0 Å². The van der Waals surface area contributed by atoms with Crippen molar-refractivity contribution in [1.29, 1.82) is 0 Å². The van der Waals surface area contributed by atoms with Gasteiger partial charge in [0.15, 0.2) is 0 Å². The van der Waals surface area contributed by atoms with E-state index >= 15 is 0 Å². The van der Waals surface area contributed by atoms with Gasteiger partial charge in [-0.15, -0.1) is 11.3 Å². The van der Waals surface area contributed by atoms with Crippen molar-refractivity contribution in [2.45, 2.75) is 25.9 Å². The van der Waals surface area contributed by atoms with Crippen LogP contribution in [-0.2, 0) is 25.9 Å². The van der Waals surface area contributed by atoms with Crippen molar-refractivity contribution in [1.82, 2.24) is 24.9 Å². The lowest BCUT2D eigenvalue weighted by molar-refractivity contribution is 0.148. The summed E-state index contributed by atoms with van der Waals surface area (Å²) in [5, 5.41) is 8.00. The van der Waals surface area contributed by atoms with Crippen LogP contribution in [0.2, 0.25) is 0 Å². The van der Waals surface area contributed by atoms with Gasteiger partial charge in [-0.05, 0) is 36.2 Å². The molecular formula is C24H28N6OS. The number of thiophene rings is 1. The molecule has 3 N–H and O–H groups in total. The zero-order valence-electron chi connectivity index (χ0n) is 18.4. The molecule has 1 aliphatic carbocycles. The minimum atomic E-state index is -0.337. The number of H-pyrrole nitrogens is 1. The lowest BCUT2D eigenvalue weighted by Gasteiger charge is -2.32. The maximum Gasteiger partial charge on any atom is 0.315 e. The highest BCUT2D eigenvalue weighted by Crippen LogP contribution is 2.43. The Morgan fingerprint density at radius 3 is 2.81 bits per heavy atom. The highest BCUT2D eigenvalue weighted by Gasteiger charge is 2.28. The first kappa shape index (κ1) is 20.0. The van der Waals surface area contributed by atoms with Gasteiger partial charge in [-0.1, -0.05) is 18.2 Å². The fourth-order valence-corrected chi connectivity index (χ4v) is 6.42. The van der Waals surface area contributed by atoms with E-state index in [1.165, 1.54) is 37.6 Å². The molecule has 32 heavy (non-hydrogen) atoms. The van der Waals surface area contributed by atoms with E-state index < -0.39 is 0 Å². The second-order valence-corrected chi connectivity index (χ2v) is 10.4. The van der Waals surface area contributed by atoms with Gasteiger partial charge in [0, 0.05) is 61.7 Å². The molecule has 166 valence electrons. The van der Waals surface area contributed by atoms with Crippen LogP contribution in [0.5, 0.6) is 0 Å². The number of nitrogens with two attached hydrogens (primary N) is 1. The number of piperazine rings is 1. The van der Waals surface area contributed by atoms with E-state index in [1.807, 2.05) is 0 Å². The number of likely N-dealkylation sites (N-methyl/N-ethyl adjacent to an activating group) is 1. The monoisotopic (exact) mass is 448 g/mol. The average Bonchev–Trinajstić information content (AvgIpc) is 3.47. The molecule has 8 heteroatoms. The number of carbonyl (C=O) groups is 1. The molecule has 6 rings (SSSR count). The van der Waals surface area contributed by atoms with Crippen LogP contribution in [0.4, 0.5) is 4.79 Å². The highest BCUT2D eigenvalue weighted by molar-refractivity contribution is 7.15. The van der Waals surface area contributed by atoms with E-state index in [4.69, 9.17) is 10.8 Å². The van der Waals surface area contributed by atoms with Crippen molar-refractivity contribution in [3.63, 3.8) is 0 Å². The van der Waals surface area contributed by atoms with E-state index in [1.54, 1.807) is 16.2 Å². The highest BCUT2D eigenvalue weighted by atomic mass is 32.1. The second kappa shape index (κ2) is 7.72. The van der Waals surface area contributed by atoms with Crippen LogP contribution in [0.1, 0.15) is 27.1 Å². The lowest BCUT2D eigenvalue weighted by atomic mass is 10.0. The van der Waals surface area contributed by atoms with Gasteiger partial charge in [0.2, 0.25) is 0 Å². The molecule has 1 saturated heterocycles. The van der Waals surface area contributed by atoms with Crippen LogP contribution in [0.15, 0.2) is 24.3 Å². The van der Waals surface area contributed by atoms with Crippen LogP contribution >= 0.6 is 11.3 Å². The number of aromatic amines is 1. The van der Waals surface area contributed by atoms with Crippen LogP contribution in [0, 0.1) is 0 Å². The number of nitrogens with zero attached hydrogens (tertiary/aromatic N) is 4. The van der Waals surface area contributed by atoms with Gasteiger partial charge < -0.3 is 15.5 Å². The van der Waals surface area contributed by atoms with Gasteiger partial charge in [0.25, 0.3) is 0 Å². The normalized spacial score (nSPS) is 18.5. The molecule has 2 aliphatic heterocycles. The zero-order chi connectivity index (χ0) is 21.8. The summed E-state index contributed by atoms with van der Waals surface area (Å²) in [4.78, 5) is 20.7. The quantitative estimate of drug-likeness (QED) is 0.505. The van der Waals surface area contributed by atoms with Gasteiger partial charge in [0.1, 0.15) is 0 Å². The summed E-state index contributed by atoms with van der Waals surface area (Å²) in [6, 6.07) is 8.83. The summed E-state index contributed by atoms with van der Waals surface area (Å²) in [6.45, 7) is 6.89. The number of aromatic nitrogens is 2. The SMILES string of the molecule is CN1CCN(Cc2ccc3c(c2)Cc2c-3n[nH]c2-c2cc3c(s2)CN(C(N)=O)CC3)CC1. The number of nitrogens with one attached hydrogen (secondary N) is 1. The van der Waals surface area contributed by atoms with Crippen LogP contribution in [0.25, 0.3) is 21.8 Å². The fourth-order valence-electron chi connectivity index (χ4n) is 5.17. The zero-order valence-corrected chi connectivity index (χ0v) is 19.2. The average molecular weight is 449 g/mol. The van der Waals surface area contributed by atoms with Gasteiger partial charge in [-0.2, -0.15) is 5.10 Å². The summed E-state index contributed by atoms with van der Waals surface area (Å²) in [5.41, 5.74) is 14.4. The van der Waals surface area contributed by atoms with Gasteiger partial charge in [-0.3, -0.25) is 10.00 Å². The first-order valence-corrected chi connectivity index (χ1v) is 12.1. The summed E-state index contributed by atoms with van der Waals surface area (Å²) < 4.78 is 0. The predicted octanol–water partition coefficient (Wildman–Crippen LogP) is 2.89. The number of benzene rings is 1. The first-order valence-electron chi connectivity index (χ1n) is 11.3. The number of amides is 2. The third-order valence-corrected chi connectivity index (χ3v) is 8.28. The Hall–Kier alpha value is -2.68. The van der Waals surface area contributed by atoms with Crippen LogP contribution in [0.3, 0.4) is 0 Å². The minimum absolute atomic E-state index is 0.337. The first-order chi connectivity index (χ1) is 15.5. The van der Waals surface area contributed by atoms with Crippen molar-refractivity contribution in [2.75, 3.05) is 39.8 Å². The molecule has 2 aromatic heterocycles. The molecule has 0 unspecified atom stereocenters. The molecule has 1 fully saturated rings. The number of hydrogen-bond donors (Lipinski definition) is 2. The topological polar surface area (TPSA) is 81.5 Å². The van der Waals surface area contributed by atoms with E-state index in [0.29, 0.717) is 13.1 Å². The van der Waals surface area contributed by atoms with Crippen LogP contribution < -0.4 is 5.73 Å². The van der Waals surface area contributed by atoms with Crippen molar-refractivity contribution in [3.05, 3.63) is 51.4 Å². The molecule has 3 aliphatic rings. The summed E-state index contributed by atoms with van der Waals surface area (Å²) in [7, 11) is 2.20. The molecular weight excluding hydrogens is 420 g/mol.